The molecule has 5 heteroatoms. The molecule has 5 nitrogen and oxygen atoms in total. The van der Waals surface area contributed by atoms with Gasteiger partial charge in [-0.1, -0.05) is 6.42 Å². The smallest absolute Gasteiger partial charge is 0.122 e. The van der Waals surface area contributed by atoms with Crippen molar-refractivity contribution in [3.63, 3.8) is 0 Å². The van der Waals surface area contributed by atoms with E-state index in [9.17, 15) is 0 Å². The molecule has 3 N–H and O–H groups in total. The molecular formula is C13H26N4O. The number of aryl methyl sites for hydroxylation is 1. The van der Waals surface area contributed by atoms with E-state index in [0.717, 1.165) is 38.2 Å². The van der Waals surface area contributed by atoms with Gasteiger partial charge < -0.3 is 15.4 Å². The lowest BCUT2D eigenvalue weighted by Gasteiger charge is -2.22. The fourth-order valence-electron chi connectivity index (χ4n) is 1.86. The molecule has 1 unspecified atom stereocenters. The molecule has 0 aliphatic rings. The highest BCUT2D eigenvalue weighted by molar-refractivity contribution is 4.90. The summed E-state index contributed by atoms with van der Waals surface area (Å²) in [5.41, 5.74) is 5.45. The van der Waals surface area contributed by atoms with Gasteiger partial charge in [-0.3, -0.25) is 4.90 Å². The van der Waals surface area contributed by atoms with Crippen molar-refractivity contribution in [1.29, 1.82) is 0 Å². The van der Waals surface area contributed by atoms with Crippen molar-refractivity contribution >= 4 is 0 Å². The summed E-state index contributed by atoms with van der Waals surface area (Å²) in [4.78, 5) is 6.56. The van der Waals surface area contributed by atoms with Crippen LogP contribution in [0.3, 0.4) is 0 Å². The van der Waals surface area contributed by atoms with Crippen molar-refractivity contribution in [2.24, 2.45) is 12.8 Å². The van der Waals surface area contributed by atoms with Crippen LogP contribution in [0.4, 0.5) is 0 Å². The maximum atomic E-state index is 9.06. The van der Waals surface area contributed by atoms with E-state index in [0.29, 0.717) is 0 Å². The molecule has 104 valence electrons. The molecule has 0 fully saturated rings. The molecule has 1 atom stereocenters. The van der Waals surface area contributed by atoms with Gasteiger partial charge in [0.25, 0.3) is 0 Å². The standard InChI is InChI=1S/C13H26N4O/c1-13(14,11-18)6-4-5-8-16(2)10-12-15-7-9-17(12)3/h7,9,18H,4-6,8,10-11,14H2,1-3H3. The first kappa shape index (κ1) is 15.1. The zero-order valence-electron chi connectivity index (χ0n) is 11.8. The highest BCUT2D eigenvalue weighted by Gasteiger charge is 2.15. The maximum absolute atomic E-state index is 9.06. The summed E-state index contributed by atoms with van der Waals surface area (Å²) in [5, 5.41) is 9.06. The molecule has 0 saturated heterocycles. The molecule has 0 aliphatic carbocycles. The predicted octanol–water partition coefficient (Wildman–Crippen LogP) is 0.732. The Kier molecular flexibility index (Phi) is 5.78. The summed E-state index contributed by atoms with van der Waals surface area (Å²) in [5.74, 6) is 1.08. The van der Waals surface area contributed by atoms with Gasteiger partial charge in [0.2, 0.25) is 0 Å². The SMILES string of the molecule is CN(CCCCC(C)(N)CO)Cc1nccn1C. The molecule has 0 saturated carbocycles. The van der Waals surface area contributed by atoms with E-state index in [1.807, 2.05) is 30.9 Å². The van der Waals surface area contributed by atoms with E-state index in [1.54, 1.807) is 0 Å². The van der Waals surface area contributed by atoms with Crippen LogP contribution in [-0.4, -0.2) is 45.3 Å². The second kappa shape index (κ2) is 6.87. The Hall–Kier alpha value is -0.910. The van der Waals surface area contributed by atoms with Crippen LogP contribution < -0.4 is 5.73 Å². The number of hydrogen-bond acceptors (Lipinski definition) is 4. The highest BCUT2D eigenvalue weighted by Crippen LogP contribution is 2.10. The van der Waals surface area contributed by atoms with Gasteiger partial charge in [-0.25, -0.2) is 4.98 Å². The lowest BCUT2D eigenvalue weighted by Crippen LogP contribution is -2.40. The average molecular weight is 254 g/mol. The third kappa shape index (κ3) is 5.16. The third-order valence-corrected chi connectivity index (χ3v) is 3.23. The van der Waals surface area contributed by atoms with Crippen molar-refractivity contribution in [2.75, 3.05) is 20.2 Å². The van der Waals surface area contributed by atoms with E-state index in [2.05, 4.69) is 16.9 Å². The van der Waals surface area contributed by atoms with Gasteiger partial charge in [0.15, 0.2) is 0 Å². The lowest BCUT2D eigenvalue weighted by atomic mass is 9.97. The largest absolute Gasteiger partial charge is 0.394 e. The molecular weight excluding hydrogens is 228 g/mol. The molecule has 0 radical (unpaired) electrons. The van der Waals surface area contributed by atoms with Gasteiger partial charge in [-0.2, -0.15) is 0 Å². The van der Waals surface area contributed by atoms with Crippen molar-refractivity contribution in [2.45, 2.75) is 38.3 Å². The Morgan fingerprint density at radius 1 is 1.50 bits per heavy atom. The Morgan fingerprint density at radius 3 is 2.78 bits per heavy atom. The van der Waals surface area contributed by atoms with Crippen LogP contribution in [0.1, 0.15) is 32.0 Å². The quantitative estimate of drug-likeness (QED) is 0.671. The molecule has 1 rings (SSSR count). The van der Waals surface area contributed by atoms with Gasteiger partial charge in [0, 0.05) is 25.0 Å². The lowest BCUT2D eigenvalue weighted by molar-refractivity contribution is 0.195. The van der Waals surface area contributed by atoms with E-state index >= 15 is 0 Å². The summed E-state index contributed by atoms with van der Waals surface area (Å²) in [7, 11) is 4.11. The van der Waals surface area contributed by atoms with Crippen molar-refractivity contribution in [3.05, 3.63) is 18.2 Å². The minimum atomic E-state index is -0.432. The number of aliphatic hydroxyl groups is 1. The molecule has 1 aromatic rings. The van der Waals surface area contributed by atoms with Gasteiger partial charge in [0.05, 0.1) is 13.2 Å². The fourth-order valence-corrected chi connectivity index (χ4v) is 1.86. The summed E-state index contributed by atoms with van der Waals surface area (Å²) in [6.07, 6.45) is 6.78. The van der Waals surface area contributed by atoms with E-state index in [-0.39, 0.29) is 6.61 Å². The molecule has 0 aromatic carbocycles. The summed E-state index contributed by atoms with van der Waals surface area (Å²) >= 11 is 0. The minimum absolute atomic E-state index is 0.0517. The van der Waals surface area contributed by atoms with Crippen LogP contribution in [-0.2, 0) is 13.6 Å². The molecule has 0 amide bonds. The van der Waals surface area contributed by atoms with Gasteiger partial charge >= 0.3 is 0 Å². The highest BCUT2D eigenvalue weighted by atomic mass is 16.3. The van der Waals surface area contributed by atoms with Gasteiger partial charge in [-0.15, -0.1) is 0 Å². The van der Waals surface area contributed by atoms with E-state index in [4.69, 9.17) is 10.8 Å². The number of hydrogen-bond donors (Lipinski definition) is 2. The predicted molar refractivity (Wildman–Crippen MR) is 73.1 cm³/mol. The summed E-state index contributed by atoms with van der Waals surface area (Å²) in [6.45, 7) is 3.83. The van der Waals surface area contributed by atoms with Crippen LogP contribution in [0.5, 0.6) is 0 Å². The van der Waals surface area contributed by atoms with Crippen LogP contribution in [0.15, 0.2) is 12.4 Å². The summed E-state index contributed by atoms with van der Waals surface area (Å²) in [6, 6.07) is 0. The number of aliphatic hydroxyl groups excluding tert-OH is 1. The number of nitrogens with zero attached hydrogens (tertiary/aromatic N) is 3. The van der Waals surface area contributed by atoms with Crippen LogP contribution in [0, 0.1) is 0 Å². The van der Waals surface area contributed by atoms with Gasteiger partial charge in [-0.05, 0) is 33.4 Å². The zero-order chi connectivity index (χ0) is 13.6. The molecule has 1 heterocycles. The van der Waals surface area contributed by atoms with E-state index < -0.39 is 5.54 Å². The van der Waals surface area contributed by atoms with Gasteiger partial charge in [0.1, 0.15) is 5.82 Å². The number of unbranched alkanes of at least 4 members (excludes halogenated alkanes) is 1. The second-order valence-electron chi connectivity index (χ2n) is 5.46. The van der Waals surface area contributed by atoms with Crippen molar-refractivity contribution < 1.29 is 5.11 Å². The number of nitrogens with two attached hydrogens (primary N) is 1. The summed E-state index contributed by atoms with van der Waals surface area (Å²) < 4.78 is 2.04. The van der Waals surface area contributed by atoms with Crippen molar-refractivity contribution in [1.82, 2.24) is 14.5 Å². The molecule has 1 aromatic heterocycles. The number of imidazole rings is 1. The Labute approximate surface area is 110 Å². The molecule has 0 bridgehead atoms. The van der Waals surface area contributed by atoms with Crippen LogP contribution >= 0.6 is 0 Å². The maximum Gasteiger partial charge on any atom is 0.122 e. The number of rotatable bonds is 8. The zero-order valence-corrected chi connectivity index (χ0v) is 11.8. The fraction of sp³-hybridized carbons (Fsp3) is 0.769. The third-order valence-electron chi connectivity index (χ3n) is 3.23. The molecule has 0 spiro atoms. The minimum Gasteiger partial charge on any atom is -0.394 e. The van der Waals surface area contributed by atoms with Crippen LogP contribution in [0.2, 0.25) is 0 Å². The Balaban J connectivity index is 2.18. The van der Waals surface area contributed by atoms with Crippen molar-refractivity contribution in [3.8, 4) is 0 Å². The first-order chi connectivity index (χ1) is 8.44. The second-order valence-corrected chi connectivity index (χ2v) is 5.46. The topological polar surface area (TPSA) is 67.3 Å². The average Bonchev–Trinajstić information content (AvgIpc) is 2.71. The van der Waals surface area contributed by atoms with E-state index in [1.165, 1.54) is 0 Å². The number of aromatic nitrogens is 2. The molecule has 18 heavy (non-hydrogen) atoms. The Bertz CT molecular complexity index is 349. The Morgan fingerprint density at radius 2 is 2.22 bits per heavy atom. The normalized spacial score (nSPS) is 15.0. The first-order valence-corrected chi connectivity index (χ1v) is 6.49. The first-order valence-electron chi connectivity index (χ1n) is 6.49. The molecule has 0 aliphatic heterocycles. The van der Waals surface area contributed by atoms with Crippen LogP contribution in [0.25, 0.3) is 0 Å². The monoisotopic (exact) mass is 254 g/mol.